The van der Waals surface area contributed by atoms with Crippen LogP contribution >= 0.6 is 23.1 Å². The van der Waals surface area contributed by atoms with Crippen molar-refractivity contribution in [2.45, 2.75) is 50.1 Å². The quantitative estimate of drug-likeness (QED) is 0.740. The van der Waals surface area contributed by atoms with Crippen molar-refractivity contribution in [3.05, 3.63) is 44.8 Å². The van der Waals surface area contributed by atoms with Crippen molar-refractivity contribution in [3.63, 3.8) is 0 Å². The number of thioether (sulfide) groups is 1. The van der Waals surface area contributed by atoms with Crippen LogP contribution in [0.3, 0.4) is 0 Å². The molecular weight excluding hydrogens is 362 g/mol. The molecule has 2 aliphatic rings. The second kappa shape index (κ2) is 7.42. The molecule has 0 radical (unpaired) electrons. The molecule has 1 fully saturated rings. The fourth-order valence-electron chi connectivity index (χ4n) is 4.04. The molecular formula is C20H21N3OS2. The number of nitriles is 1. The minimum absolute atomic E-state index is 0.148. The highest BCUT2D eigenvalue weighted by molar-refractivity contribution is 8.00. The fraction of sp³-hybridized carbons (Fsp3) is 0.450. The summed E-state index contributed by atoms with van der Waals surface area (Å²) >= 11 is 3.15. The molecule has 1 atom stereocenters. The van der Waals surface area contributed by atoms with Crippen molar-refractivity contribution in [1.82, 2.24) is 9.88 Å². The lowest BCUT2D eigenvalue weighted by molar-refractivity contribution is -0.129. The third kappa shape index (κ3) is 3.15. The van der Waals surface area contributed by atoms with Gasteiger partial charge in [0.2, 0.25) is 5.91 Å². The number of fused-ring (bicyclic) bond motifs is 1. The maximum absolute atomic E-state index is 12.8. The van der Waals surface area contributed by atoms with E-state index >= 15 is 0 Å². The number of rotatable bonds is 4. The first-order chi connectivity index (χ1) is 12.7. The van der Waals surface area contributed by atoms with Crippen LogP contribution in [0.25, 0.3) is 0 Å². The van der Waals surface area contributed by atoms with E-state index < -0.39 is 0 Å². The summed E-state index contributed by atoms with van der Waals surface area (Å²) in [6.07, 6.45) is 5.20. The van der Waals surface area contributed by atoms with Gasteiger partial charge in [-0.1, -0.05) is 17.8 Å². The summed E-state index contributed by atoms with van der Waals surface area (Å²) in [4.78, 5) is 20.8. The maximum atomic E-state index is 12.8. The fourth-order valence-corrected chi connectivity index (χ4v) is 5.85. The topological polar surface area (TPSA) is 57.0 Å². The van der Waals surface area contributed by atoms with Crippen molar-refractivity contribution in [1.29, 1.82) is 5.26 Å². The molecule has 0 spiro atoms. The zero-order valence-corrected chi connectivity index (χ0v) is 16.5. The van der Waals surface area contributed by atoms with Crippen LogP contribution in [-0.2, 0) is 17.6 Å². The van der Waals surface area contributed by atoms with Crippen LogP contribution in [0.4, 0.5) is 0 Å². The van der Waals surface area contributed by atoms with Crippen LogP contribution < -0.4 is 0 Å². The van der Waals surface area contributed by atoms with E-state index in [1.165, 1.54) is 22.2 Å². The molecule has 2 aromatic rings. The molecule has 4 rings (SSSR count). The molecule has 3 heterocycles. The number of aryl methyl sites for hydroxylation is 1. The Morgan fingerprint density at radius 2 is 2.35 bits per heavy atom. The van der Waals surface area contributed by atoms with Crippen molar-refractivity contribution in [2.24, 2.45) is 0 Å². The number of carbonyl (C=O) groups excluding carboxylic acids is 1. The second-order valence-corrected chi connectivity index (χ2v) is 8.80. The van der Waals surface area contributed by atoms with Crippen LogP contribution in [0, 0.1) is 18.3 Å². The first-order valence-electron chi connectivity index (χ1n) is 9.07. The van der Waals surface area contributed by atoms with Gasteiger partial charge in [-0.15, -0.1) is 11.3 Å². The summed E-state index contributed by atoms with van der Waals surface area (Å²) in [6, 6.07) is 6.69. The Morgan fingerprint density at radius 3 is 3.12 bits per heavy atom. The second-order valence-electron chi connectivity index (χ2n) is 6.86. The third-order valence-corrected chi connectivity index (χ3v) is 7.29. The Hall–Kier alpha value is -1.84. The number of nitrogens with zero attached hydrogens (tertiary/aromatic N) is 3. The Kier molecular flexibility index (Phi) is 5.01. The summed E-state index contributed by atoms with van der Waals surface area (Å²) in [5.41, 5.74) is 4.07. The standard InChI is InChI=1S/C20H21N3OS2/c1-13-14-5-2-6-16(14)22-20(15(13)11-21)26-12-19(24)23-9-3-7-17(23)18-8-4-10-25-18/h4,8,10,17H,2-3,5-7,9,12H2,1H3/t17-/m0/s1. The molecule has 6 heteroatoms. The van der Waals surface area contributed by atoms with Gasteiger partial charge >= 0.3 is 0 Å². The van der Waals surface area contributed by atoms with E-state index in [1.54, 1.807) is 11.3 Å². The highest BCUT2D eigenvalue weighted by atomic mass is 32.2. The van der Waals surface area contributed by atoms with Gasteiger partial charge in [-0.2, -0.15) is 5.26 Å². The van der Waals surface area contributed by atoms with Crippen LogP contribution in [0.1, 0.15) is 52.6 Å². The van der Waals surface area contributed by atoms with Gasteiger partial charge in [-0.3, -0.25) is 4.79 Å². The number of thiophene rings is 1. The van der Waals surface area contributed by atoms with Crippen molar-refractivity contribution >= 4 is 29.0 Å². The Morgan fingerprint density at radius 1 is 1.46 bits per heavy atom. The van der Waals surface area contributed by atoms with Crippen LogP contribution in [0.5, 0.6) is 0 Å². The molecule has 4 nitrogen and oxygen atoms in total. The zero-order chi connectivity index (χ0) is 18.1. The van der Waals surface area contributed by atoms with E-state index in [2.05, 4.69) is 17.5 Å². The van der Waals surface area contributed by atoms with Gasteiger partial charge in [-0.05, 0) is 61.6 Å². The van der Waals surface area contributed by atoms with E-state index in [4.69, 9.17) is 4.98 Å². The van der Waals surface area contributed by atoms with E-state index in [1.807, 2.05) is 17.9 Å². The van der Waals surface area contributed by atoms with Crippen molar-refractivity contribution < 1.29 is 4.79 Å². The summed E-state index contributed by atoms with van der Waals surface area (Å²) in [7, 11) is 0. The molecule has 0 bridgehead atoms. The van der Waals surface area contributed by atoms with Gasteiger partial charge in [0.25, 0.3) is 0 Å². The largest absolute Gasteiger partial charge is 0.334 e. The Bertz CT molecular complexity index is 870. The van der Waals surface area contributed by atoms with Gasteiger partial charge in [-0.25, -0.2) is 4.98 Å². The molecule has 1 amide bonds. The highest BCUT2D eigenvalue weighted by Crippen LogP contribution is 2.36. The van der Waals surface area contributed by atoms with E-state index in [-0.39, 0.29) is 11.9 Å². The molecule has 1 aliphatic carbocycles. The van der Waals surface area contributed by atoms with E-state index in [0.29, 0.717) is 11.3 Å². The third-order valence-electron chi connectivity index (χ3n) is 5.36. The zero-order valence-electron chi connectivity index (χ0n) is 14.8. The summed E-state index contributed by atoms with van der Waals surface area (Å²) in [6.45, 7) is 2.84. The molecule has 1 aliphatic heterocycles. The van der Waals surface area contributed by atoms with Crippen molar-refractivity contribution in [3.8, 4) is 6.07 Å². The molecule has 0 N–H and O–H groups in total. The monoisotopic (exact) mass is 383 g/mol. The highest BCUT2D eigenvalue weighted by Gasteiger charge is 2.31. The average molecular weight is 384 g/mol. The first-order valence-corrected chi connectivity index (χ1v) is 10.9. The molecule has 1 saturated heterocycles. The minimum atomic E-state index is 0.148. The molecule has 2 aromatic heterocycles. The van der Waals surface area contributed by atoms with Crippen molar-refractivity contribution in [2.75, 3.05) is 12.3 Å². The summed E-state index contributed by atoms with van der Waals surface area (Å²) in [5, 5.41) is 12.4. The van der Waals surface area contributed by atoms with Crippen LogP contribution in [0.2, 0.25) is 0 Å². The van der Waals surface area contributed by atoms with Gasteiger partial charge < -0.3 is 4.90 Å². The Labute approximate surface area is 162 Å². The average Bonchev–Trinajstić information content (AvgIpc) is 3.39. The summed E-state index contributed by atoms with van der Waals surface area (Å²) < 4.78 is 0. The molecule has 0 aromatic carbocycles. The number of likely N-dealkylation sites (tertiary alicyclic amines) is 1. The predicted molar refractivity (Wildman–Crippen MR) is 104 cm³/mol. The minimum Gasteiger partial charge on any atom is -0.334 e. The van der Waals surface area contributed by atoms with Crippen LogP contribution in [-0.4, -0.2) is 28.1 Å². The molecule has 0 saturated carbocycles. The number of pyridine rings is 1. The number of carbonyl (C=O) groups is 1. The van der Waals surface area contributed by atoms with E-state index in [0.717, 1.165) is 54.9 Å². The lowest BCUT2D eigenvalue weighted by Gasteiger charge is -2.24. The number of hydrogen-bond acceptors (Lipinski definition) is 5. The van der Waals surface area contributed by atoms with E-state index in [9.17, 15) is 10.1 Å². The smallest absolute Gasteiger partial charge is 0.233 e. The van der Waals surface area contributed by atoms with Gasteiger partial charge in [0, 0.05) is 17.1 Å². The lowest BCUT2D eigenvalue weighted by atomic mass is 10.0. The van der Waals surface area contributed by atoms with Gasteiger partial charge in [0.05, 0.1) is 17.4 Å². The molecule has 26 heavy (non-hydrogen) atoms. The first kappa shape index (κ1) is 17.6. The summed E-state index contributed by atoms with van der Waals surface area (Å²) in [5.74, 6) is 0.497. The molecule has 134 valence electrons. The van der Waals surface area contributed by atoms with Gasteiger partial charge in [0.1, 0.15) is 11.1 Å². The number of hydrogen-bond donors (Lipinski definition) is 0. The normalized spacial score (nSPS) is 18.8. The maximum Gasteiger partial charge on any atom is 0.233 e. The molecule has 0 unspecified atom stereocenters. The number of amides is 1. The number of aromatic nitrogens is 1. The predicted octanol–water partition coefficient (Wildman–Crippen LogP) is 4.27. The van der Waals surface area contributed by atoms with Crippen LogP contribution in [0.15, 0.2) is 22.5 Å². The van der Waals surface area contributed by atoms with Gasteiger partial charge in [0.15, 0.2) is 0 Å². The lowest BCUT2D eigenvalue weighted by Crippen LogP contribution is -2.31. The Balaban J connectivity index is 1.50. The SMILES string of the molecule is Cc1c(C#N)c(SCC(=O)N2CCC[C@H]2c2cccs2)nc2c1CCC2.